The van der Waals surface area contributed by atoms with Crippen LogP contribution in [0.4, 0.5) is 0 Å². The third-order valence-corrected chi connectivity index (χ3v) is 3.58. The molecule has 0 radical (unpaired) electrons. The van der Waals surface area contributed by atoms with Crippen molar-refractivity contribution in [2.75, 3.05) is 13.7 Å². The van der Waals surface area contributed by atoms with Gasteiger partial charge >= 0.3 is 0 Å². The van der Waals surface area contributed by atoms with E-state index in [1.807, 2.05) is 18.2 Å². The van der Waals surface area contributed by atoms with Crippen LogP contribution in [0, 0.1) is 5.92 Å². The van der Waals surface area contributed by atoms with Crippen LogP contribution in [0.1, 0.15) is 19.4 Å². The van der Waals surface area contributed by atoms with Crippen LogP contribution in [0.2, 0.25) is 0 Å². The number of benzene rings is 1. The molecule has 0 aromatic heterocycles. The fraction of sp³-hybridized carbons (Fsp3) is 0.538. The lowest BCUT2D eigenvalue weighted by atomic mass is 10.1. The van der Waals surface area contributed by atoms with Crippen LogP contribution in [-0.4, -0.2) is 24.9 Å². The average molecular weight is 302 g/mol. The van der Waals surface area contributed by atoms with Crippen LogP contribution in [0.15, 0.2) is 22.7 Å². The lowest BCUT2D eigenvalue weighted by Gasteiger charge is -2.20. The van der Waals surface area contributed by atoms with Crippen LogP contribution in [0.5, 0.6) is 5.75 Å². The number of hydrogen-bond acceptors (Lipinski definition) is 3. The van der Waals surface area contributed by atoms with Crippen molar-refractivity contribution in [1.82, 2.24) is 5.32 Å². The maximum Gasteiger partial charge on any atom is 0.119 e. The Kier molecular flexibility index (Phi) is 5.95. The maximum absolute atomic E-state index is 9.25. The molecule has 0 aliphatic rings. The third kappa shape index (κ3) is 4.30. The van der Waals surface area contributed by atoms with Gasteiger partial charge in [0.2, 0.25) is 0 Å². The minimum atomic E-state index is 0.119. The van der Waals surface area contributed by atoms with E-state index < -0.39 is 0 Å². The second kappa shape index (κ2) is 6.99. The standard InChI is InChI=1S/C13H20BrNO2/c1-9(2)13(8-16)15-7-10-6-11(17-3)4-5-12(10)14/h4-6,9,13,15-16H,7-8H2,1-3H3/t13-/m1/s1. The Bertz CT molecular complexity index is 355. The molecule has 96 valence electrons. The third-order valence-electron chi connectivity index (χ3n) is 2.81. The number of hydrogen-bond donors (Lipinski definition) is 2. The molecule has 0 saturated carbocycles. The molecule has 0 bridgehead atoms. The van der Waals surface area contributed by atoms with Crippen LogP contribution < -0.4 is 10.1 Å². The van der Waals surface area contributed by atoms with Crippen LogP contribution >= 0.6 is 15.9 Å². The molecule has 1 rings (SSSR count). The highest BCUT2D eigenvalue weighted by molar-refractivity contribution is 9.10. The molecular formula is C13H20BrNO2. The Labute approximate surface area is 111 Å². The summed E-state index contributed by atoms with van der Waals surface area (Å²) in [5, 5.41) is 12.6. The molecule has 0 unspecified atom stereocenters. The summed E-state index contributed by atoms with van der Waals surface area (Å²) in [5.74, 6) is 1.25. The Morgan fingerprint density at radius 3 is 2.65 bits per heavy atom. The first-order chi connectivity index (χ1) is 8.08. The van der Waals surface area contributed by atoms with Crippen LogP contribution in [0.3, 0.4) is 0 Å². The quantitative estimate of drug-likeness (QED) is 0.848. The van der Waals surface area contributed by atoms with Gasteiger partial charge in [0.25, 0.3) is 0 Å². The van der Waals surface area contributed by atoms with Gasteiger partial charge in [0.15, 0.2) is 0 Å². The average Bonchev–Trinajstić information content (AvgIpc) is 2.31. The SMILES string of the molecule is COc1ccc(Br)c(CN[C@H](CO)C(C)C)c1. The lowest BCUT2D eigenvalue weighted by Crippen LogP contribution is -2.36. The van der Waals surface area contributed by atoms with E-state index in [2.05, 4.69) is 35.1 Å². The van der Waals surface area contributed by atoms with Crippen molar-refractivity contribution in [3.05, 3.63) is 28.2 Å². The van der Waals surface area contributed by atoms with Crippen molar-refractivity contribution in [1.29, 1.82) is 0 Å². The Balaban J connectivity index is 2.67. The topological polar surface area (TPSA) is 41.5 Å². The number of nitrogens with one attached hydrogen (secondary N) is 1. The zero-order valence-electron chi connectivity index (χ0n) is 10.5. The molecule has 1 atom stereocenters. The maximum atomic E-state index is 9.25. The van der Waals surface area contributed by atoms with E-state index in [-0.39, 0.29) is 12.6 Å². The largest absolute Gasteiger partial charge is 0.497 e. The summed E-state index contributed by atoms with van der Waals surface area (Å²) in [6.07, 6.45) is 0. The monoisotopic (exact) mass is 301 g/mol. The predicted octanol–water partition coefficient (Wildman–Crippen LogP) is 2.56. The molecule has 4 heteroatoms. The number of methoxy groups -OCH3 is 1. The summed E-state index contributed by atoms with van der Waals surface area (Å²) in [6.45, 7) is 5.05. The Morgan fingerprint density at radius 1 is 1.41 bits per heavy atom. The highest BCUT2D eigenvalue weighted by Crippen LogP contribution is 2.22. The first kappa shape index (κ1) is 14.5. The number of rotatable bonds is 6. The number of halogens is 1. The molecule has 0 aliphatic heterocycles. The van der Waals surface area contributed by atoms with Crippen molar-refractivity contribution in [2.45, 2.75) is 26.4 Å². The molecule has 0 heterocycles. The van der Waals surface area contributed by atoms with Crippen LogP contribution in [-0.2, 0) is 6.54 Å². The molecule has 0 fully saturated rings. The molecule has 1 aromatic rings. The zero-order valence-corrected chi connectivity index (χ0v) is 12.1. The van der Waals surface area contributed by atoms with Gasteiger partial charge in [-0.3, -0.25) is 0 Å². The molecule has 0 aliphatic carbocycles. The lowest BCUT2D eigenvalue weighted by molar-refractivity contribution is 0.210. The fourth-order valence-electron chi connectivity index (χ4n) is 1.57. The minimum absolute atomic E-state index is 0.119. The van der Waals surface area contributed by atoms with Gasteiger partial charge in [0.05, 0.1) is 13.7 Å². The first-order valence-electron chi connectivity index (χ1n) is 5.75. The highest BCUT2D eigenvalue weighted by Gasteiger charge is 2.12. The van der Waals surface area contributed by atoms with Gasteiger partial charge in [-0.15, -0.1) is 0 Å². The summed E-state index contributed by atoms with van der Waals surface area (Å²) >= 11 is 3.51. The summed E-state index contributed by atoms with van der Waals surface area (Å²) < 4.78 is 6.24. The molecule has 0 saturated heterocycles. The van der Waals surface area contributed by atoms with Gasteiger partial charge in [-0.1, -0.05) is 29.8 Å². The second-order valence-electron chi connectivity index (χ2n) is 4.37. The number of aliphatic hydroxyl groups excluding tert-OH is 1. The van der Waals surface area contributed by atoms with E-state index >= 15 is 0 Å². The van der Waals surface area contributed by atoms with E-state index in [1.54, 1.807) is 7.11 Å². The molecule has 1 aromatic carbocycles. The van der Waals surface area contributed by atoms with E-state index in [1.165, 1.54) is 0 Å². The first-order valence-corrected chi connectivity index (χ1v) is 6.54. The zero-order chi connectivity index (χ0) is 12.8. The molecule has 0 spiro atoms. The van der Waals surface area contributed by atoms with Crippen molar-refractivity contribution in [3.8, 4) is 5.75 Å². The van der Waals surface area contributed by atoms with Gasteiger partial charge < -0.3 is 15.2 Å². The van der Waals surface area contributed by atoms with E-state index in [0.29, 0.717) is 12.5 Å². The van der Waals surface area contributed by atoms with Gasteiger partial charge in [-0.05, 0) is 29.7 Å². The Morgan fingerprint density at radius 2 is 2.12 bits per heavy atom. The molecule has 3 nitrogen and oxygen atoms in total. The van der Waals surface area contributed by atoms with Crippen molar-refractivity contribution in [3.63, 3.8) is 0 Å². The van der Waals surface area contributed by atoms with Gasteiger partial charge in [0.1, 0.15) is 5.75 Å². The summed E-state index contributed by atoms with van der Waals surface area (Å²) in [6, 6.07) is 6.00. The second-order valence-corrected chi connectivity index (χ2v) is 5.23. The van der Waals surface area contributed by atoms with Gasteiger partial charge in [-0.2, -0.15) is 0 Å². The normalized spacial score (nSPS) is 12.8. The van der Waals surface area contributed by atoms with Gasteiger partial charge in [-0.25, -0.2) is 0 Å². The molecular weight excluding hydrogens is 282 g/mol. The van der Waals surface area contributed by atoms with E-state index in [0.717, 1.165) is 15.8 Å². The number of ether oxygens (including phenoxy) is 1. The summed E-state index contributed by atoms with van der Waals surface area (Å²) in [5.41, 5.74) is 1.13. The number of aliphatic hydroxyl groups is 1. The van der Waals surface area contributed by atoms with Crippen molar-refractivity contribution in [2.24, 2.45) is 5.92 Å². The molecule has 0 amide bonds. The molecule has 2 N–H and O–H groups in total. The predicted molar refractivity (Wildman–Crippen MR) is 73.2 cm³/mol. The molecule has 17 heavy (non-hydrogen) atoms. The van der Waals surface area contributed by atoms with Crippen molar-refractivity contribution < 1.29 is 9.84 Å². The van der Waals surface area contributed by atoms with E-state index in [9.17, 15) is 5.11 Å². The summed E-state index contributed by atoms with van der Waals surface area (Å²) in [4.78, 5) is 0. The van der Waals surface area contributed by atoms with Crippen LogP contribution in [0.25, 0.3) is 0 Å². The Hall–Kier alpha value is -0.580. The smallest absolute Gasteiger partial charge is 0.119 e. The van der Waals surface area contributed by atoms with E-state index in [4.69, 9.17) is 4.74 Å². The minimum Gasteiger partial charge on any atom is -0.497 e. The summed E-state index contributed by atoms with van der Waals surface area (Å²) in [7, 11) is 1.66. The van der Waals surface area contributed by atoms with Crippen molar-refractivity contribution >= 4 is 15.9 Å². The van der Waals surface area contributed by atoms with Gasteiger partial charge in [0, 0.05) is 17.1 Å². The highest BCUT2D eigenvalue weighted by atomic mass is 79.9. The fourth-order valence-corrected chi connectivity index (χ4v) is 1.95.